The lowest BCUT2D eigenvalue weighted by atomic mass is 10.2. The normalized spacial score (nSPS) is 13.1. The summed E-state index contributed by atoms with van der Waals surface area (Å²) in [6.07, 6.45) is 0. The number of hydrogen-bond donors (Lipinski definition) is 1. The van der Waals surface area contributed by atoms with Crippen molar-refractivity contribution in [3.63, 3.8) is 0 Å². The van der Waals surface area contributed by atoms with E-state index >= 15 is 0 Å². The fourth-order valence-electron chi connectivity index (χ4n) is 2.74. The van der Waals surface area contributed by atoms with Crippen LogP contribution in [0.3, 0.4) is 0 Å². The van der Waals surface area contributed by atoms with Gasteiger partial charge in [-0.1, -0.05) is 17.7 Å². The molecule has 0 saturated carbocycles. The smallest absolute Gasteiger partial charge is 0.245 e. The van der Waals surface area contributed by atoms with E-state index in [0.717, 1.165) is 9.87 Å². The minimum absolute atomic E-state index is 0.148. The number of fused-ring (bicyclic) bond motifs is 1. The Morgan fingerprint density at radius 2 is 1.86 bits per heavy atom. The number of sulfonamides is 1. The summed E-state index contributed by atoms with van der Waals surface area (Å²) in [4.78, 5) is 12.6. The zero-order valence-electron chi connectivity index (χ0n) is 15.6. The second-order valence-electron chi connectivity index (χ2n) is 6.24. The Morgan fingerprint density at radius 1 is 1.14 bits per heavy atom. The molecule has 9 heteroatoms. The van der Waals surface area contributed by atoms with Crippen LogP contribution in [-0.2, 0) is 14.8 Å². The molecule has 150 valence electrons. The van der Waals surface area contributed by atoms with Gasteiger partial charge in [0.2, 0.25) is 15.9 Å². The fraction of sp³-hybridized carbons (Fsp3) is 0.316. The average Bonchev–Trinajstić information content (AvgIpc) is 2.68. The number of aryl methyl sites for hydroxylation is 1. The number of halogens is 1. The quantitative estimate of drug-likeness (QED) is 0.769. The van der Waals surface area contributed by atoms with Crippen molar-refractivity contribution in [2.45, 2.75) is 13.8 Å². The van der Waals surface area contributed by atoms with Crippen molar-refractivity contribution in [3.05, 3.63) is 47.0 Å². The van der Waals surface area contributed by atoms with Crippen molar-refractivity contribution < 1.29 is 22.7 Å². The molecule has 0 fully saturated rings. The minimum atomic E-state index is -3.70. The van der Waals surface area contributed by atoms with Crippen LogP contribution in [0.2, 0.25) is 5.02 Å². The van der Waals surface area contributed by atoms with Gasteiger partial charge in [-0.15, -0.1) is 0 Å². The van der Waals surface area contributed by atoms with Gasteiger partial charge in [-0.25, -0.2) is 8.42 Å². The molecule has 7 nitrogen and oxygen atoms in total. The molecule has 0 saturated heterocycles. The van der Waals surface area contributed by atoms with Crippen molar-refractivity contribution in [2.75, 3.05) is 35.1 Å². The van der Waals surface area contributed by atoms with Crippen molar-refractivity contribution in [1.82, 2.24) is 0 Å². The largest absolute Gasteiger partial charge is 0.486 e. The first kappa shape index (κ1) is 20.3. The third kappa shape index (κ3) is 4.51. The van der Waals surface area contributed by atoms with Crippen molar-refractivity contribution in [2.24, 2.45) is 0 Å². The van der Waals surface area contributed by atoms with E-state index in [1.54, 1.807) is 36.4 Å². The molecular weight excluding hydrogens is 404 g/mol. The van der Waals surface area contributed by atoms with Gasteiger partial charge in [0.15, 0.2) is 11.5 Å². The fourth-order valence-corrected chi connectivity index (χ4v) is 3.97. The van der Waals surface area contributed by atoms with E-state index in [9.17, 15) is 13.2 Å². The highest BCUT2D eigenvalue weighted by Crippen LogP contribution is 2.35. The summed E-state index contributed by atoms with van der Waals surface area (Å²) >= 11 is 5.98. The number of ether oxygens (including phenoxy) is 2. The van der Waals surface area contributed by atoms with Crippen LogP contribution in [-0.4, -0.2) is 39.8 Å². The van der Waals surface area contributed by atoms with Crippen LogP contribution >= 0.6 is 11.6 Å². The maximum atomic E-state index is 12.6. The Labute approximate surface area is 169 Å². The second kappa shape index (κ2) is 8.28. The predicted octanol–water partition coefficient (Wildman–Crippen LogP) is 3.21. The monoisotopic (exact) mass is 424 g/mol. The first-order valence-corrected chi connectivity index (χ1v) is 10.7. The number of benzene rings is 2. The Balaban J connectivity index is 1.87. The molecule has 0 atom stereocenters. The lowest BCUT2D eigenvalue weighted by Gasteiger charge is -2.25. The zero-order chi connectivity index (χ0) is 20.3. The second-order valence-corrected chi connectivity index (χ2v) is 8.86. The van der Waals surface area contributed by atoms with E-state index in [2.05, 4.69) is 5.32 Å². The van der Waals surface area contributed by atoms with Crippen LogP contribution in [0.1, 0.15) is 12.5 Å². The van der Waals surface area contributed by atoms with Gasteiger partial charge in [0, 0.05) is 16.8 Å². The van der Waals surface area contributed by atoms with Crippen molar-refractivity contribution in [1.29, 1.82) is 0 Å². The summed E-state index contributed by atoms with van der Waals surface area (Å²) in [5.41, 5.74) is 1.69. The number of anilines is 2. The summed E-state index contributed by atoms with van der Waals surface area (Å²) in [6, 6.07) is 9.92. The first-order chi connectivity index (χ1) is 13.3. The number of hydrogen-bond acceptors (Lipinski definition) is 5. The molecule has 1 amide bonds. The standard InChI is InChI=1S/C19H21ClN2O5S/c1-3-28(24,25)22(15-6-7-17-18(11-15)27-9-8-26-17)12-19(23)21-16-10-14(20)5-4-13(16)2/h4-7,10-11H,3,8-9,12H2,1-2H3,(H,21,23). The summed E-state index contributed by atoms with van der Waals surface area (Å²) < 4.78 is 37.3. The first-order valence-electron chi connectivity index (χ1n) is 8.76. The molecule has 0 unspecified atom stereocenters. The van der Waals surface area contributed by atoms with Gasteiger partial charge in [0.05, 0.1) is 11.4 Å². The van der Waals surface area contributed by atoms with Crippen LogP contribution in [0.5, 0.6) is 11.5 Å². The molecular formula is C19H21ClN2O5S. The van der Waals surface area contributed by atoms with Gasteiger partial charge in [-0.3, -0.25) is 9.10 Å². The molecule has 0 bridgehead atoms. The maximum Gasteiger partial charge on any atom is 0.245 e. The maximum absolute atomic E-state index is 12.6. The van der Waals surface area contributed by atoms with Crippen LogP contribution in [0.25, 0.3) is 0 Å². The highest BCUT2D eigenvalue weighted by molar-refractivity contribution is 7.92. The number of rotatable bonds is 6. The van der Waals surface area contributed by atoms with Crippen LogP contribution < -0.4 is 19.1 Å². The van der Waals surface area contributed by atoms with E-state index in [-0.39, 0.29) is 12.3 Å². The van der Waals surface area contributed by atoms with E-state index < -0.39 is 15.9 Å². The molecule has 0 radical (unpaired) electrons. The topological polar surface area (TPSA) is 84.9 Å². The van der Waals surface area contributed by atoms with E-state index in [4.69, 9.17) is 21.1 Å². The van der Waals surface area contributed by atoms with Crippen LogP contribution in [0, 0.1) is 6.92 Å². The summed E-state index contributed by atoms with van der Waals surface area (Å²) in [5, 5.41) is 3.20. The summed E-state index contributed by atoms with van der Waals surface area (Å²) in [5.74, 6) is 0.372. The van der Waals surface area contributed by atoms with Crippen molar-refractivity contribution >= 4 is 38.9 Å². The molecule has 2 aromatic carbocycles. The highest BCUT2D eigenvalue weighted by atomic mass is 35.5. The molecule has 3 rings (SSSR count). The number of carbonyl (C=O) groups is 1. The molecule has 28 heavy (non-hydrogen) atoms. The third-order valence-electron chi connectivity index (χ3n) is 4.28. The molecule has 1 aliphatic rings. The minimum Gasteiger partial charge on any atom is -0.486 e. The summed E-state index contributed by atoms with van der Waals surface area (Å²) in [7, 11) is -3.70. The lowest BCUT2D eigenvalue weighted by molar-refractivity contribution is -0.114. The molecule has 0 aliphatic carbocycles. The third-order valence-corrected chi connectivity index (χ3v) is 6.25. The van der Waals surface area contributed by atoms with Gasteiger partial charge in [0.25, 0.3) is 0 Å². The zero-order valence-corrected chi connectivity index (χ0v) is 17.1. The van der Waals surface area contributed by atoms with E-state index in [0.29, 0.717) is 41.1 Å². The Morgan fingerprint density at radius 3 is 2.57 bits per heavy atom. The highest BCUT2D eigenvalue weighted by Gasteiger charge is 2.25. The summed E-state index contributed by atoms with van der Waals surface area (Å²) in [6.45, 7) is 3.80. The predicted molar refractivity (Wildman–Crippen MR) is 109 cm³/mol. The molecule has 0 spiro atoms. The van der Waals surface area contributed by atoms with Crippen LogP contribution in [0.4, 0.5) is 11.4 Å². The van der Waals surface area contributed by atoms with E-state index in [1.165, 1.54) is 6.92 Å². The number of amides is 1. The molecule has 0 aromatic heterocycles. The number of carbonyl (C=O) groups excluding carboxylic acids is 1. The Bertz CT molecular complexity index is 994. The number of nitrogens with one attached hydrogen (secondary N) is 1. The van der Waals surface area contributed by atoms with Crippen LogP contribution in [0.15, 0.2) is 36.4 Å². The van der Waals surface area contributed by atoms with Gasteiger partial charge >= 0.3 is 0 Å². The lowest BCUT2D eigenvalue weighted by Crippen LogP contribution is -2.39. The average molecular weight is 425 g/mol. The molecule has 2 aromatic rings. The molecule has 1 heterocycles. The SMILES string of the molecule is CCS(=O)(=O)N(CC(=O)Nc1cc(Cl)ccc1C)c1ccc2c(c1)OCCO2. The molecule has 1 N–H and O–H groups in total. The van der Waals surface area contributed by atoms with Gasteiger partial charge < -0.3 is 14.8 Å². The van der Waals surface area contributed by atoms with Gasteiger partial charge in [-0.05, 0) is 43.7 Å². The molecule has 1 aliphatic heterocycles. The van der Waals surface area contributed by atoms with Crippen molar-refractivity contribution in [3.8, 4) is 11.5 Å². The van der Waals surface area contributed by atoms with E-state index in [1.807, 2.05) is 6.92 Å². The number of nitrogens with zero attached hydrogens (tertiary/aromatic N) is 1. The van der Waals surface area contributed by atoms with Gasteiger partial charge in [-0.2, -0.15) is 0 Å². The Kier molecular flexibility index (Phi) is 6.00. The Hall–Kier alpha value is -2.45. The van der Waals surface area contributed by atoms with Gasteiger partial charge in [0.1, 0.15) is 19.8 Å².